The van der Waals surface area contributed by atoms with Gasteiger partial charge in [-0.25, -0.2) is 0 Å². The average Bonchev–Trinajstić information content (AvgIpc) is 3.00. The van der Waals surface area contributed by atoms with E-state index in [1.807, 2.05) is 13.8 Å². The van der Waals surface area contributed by atoms with Crippen LogP contribution in [0.15, 0.2) is 21.6 Å². The number of nitrogens with zero attached hydrogens (tertiary/aromatic N) is 3. The average molecular weight is 393 g/mol. The van der Waals surface area contributed by atoms with Crippen LogP contribution in [0.5, 0.6) is 0 Å². The first-order valence-electron chi connectivity index (χ1n) is 7.59. The highest BCUT2D eigenvalue weighted by molar-refractivity contribution is 6.30. The van der Waals surface area contributed by atoms with Crippen LogP contribution in [0.25, 0.3) is 0 Å². The van der Waals surface area contributed by atoms with Gasteiger partial charge in [-0.3, -0.25) is 9.59 Å². The summed E-state index contributed by atoms with van der Waals surface area (Å²) in [7, 11) is 0. The van der Waals surface area contributed by atoms with Gasteiger partial charge in [-0.2, -0.15) is 18.2 Å². The van der Waals surface area contributed by atoms with Crippen LogP contribution in [-0.2, 0) is 17.5 Å². The number of halogens is 4. The fourth-order valence-electron chi connectivity index (χ4n) is 2.03. The van der Waals surface area contributed by atoms with Crippen molar-refractivity contribution in [2.45, 2.75) is 45.5 Å². The van der Waals surface area contributed by atoms with Gasteiger partial charge in [0.15, 0.2) is 5.82 Å². The molecule has 0 saturated carbocycles. The van der Waals surface area contributed by atoms with Gasteiger partial charge in [-0.1, -0.05) is 30.6 Å². The smallest absolute Gasteiger partial charge is 0.343 e. The van der Waals surface area contributed by atoms with E-state index in [0.717, 1.165) is 0 Å². The Kier molecular flexibility index (Phi) is 5.74. The Bertz CT molecular complexity index is 861. The monoisotopic (exact) mass is 392 g/mol. The molecule has 2 aromatic heterocycles. The molecular weight excluding hydrogens is 377 g/mol. The highest BCUT2D eigenvalue weighted by Gasteiger charge is 2.32. The third-order valence-electron chi connectivity index (χ3n) is 3.41. The summed E-state index contributed by atoms with van der Waals surface area (Å²) in [5.74, 6) is -0.0704. The number of carbonyl (C=O) groups excluding carboxylic acids is 1. The number of amides is 1. The SMILES string of the molecule is CC(C)c1noc([C@H](C)NC(=O)Cn2cc(C(F)(F)F)cc(Cl)c2=O)n1. The second-order valence-corrected chi connectivity index (χ2v) is 6.35. The first kappa shape index (κ1) is 20.0. The van der Waals surface area contributed by atoms with Gasteiger partial charge in [0.25, 0.3) is 5.56 Å². The van der Waals surface area contributed by atoms with E-state index < -0.39 is 40.8 Å². The topological polar surface area (TPSA) is 90.0 Å². The van der Waals surface area contributed by atoms with E-state index in [4.69, 9.17) is 16.1 Å². The quantitative estimate of drug-likeness (QED) is 0.845. The van der Waals surface area contributed by atoms with Crippen molar-refractivity contribution in [2.24, 2.45) is 0 Å². The maximum absolute atomic E-state index is 12.8. The summed E-state index contributed by atoms with van der Waals surface area (Å²) in [4.78, 5) is 28.1. The number of carbonyl (C=O) groups is 1. The molecule has 0 aliphatic rings. The first-order chi connectivity index (χ1) is 12.0. The van der Waals surface area contributed by atoms with Gasteiger partial charge in [0.05, 0.1) is 5.56 Å². The molecule has 0 saturated heterocycles. The summed E-state index contributed by atoms with van der Waals surface area (Å²) in [6.45, 7) is 4.65. The highest BCUT2D eigenvalue weighted by atomic mass is 35.5. The molecule has 142 valence electrons. The van der Waals surface area contributed by atoms with Crippen molar-refractivity contribution >= 4 is 17.5 Å². The van der Waals surface area contributed by atoms with Crippen LogP contribution < -0.4 is 10.9 Å². The number of alkyl halides is 3. The van der Waals surface area contributed by atoms with Crippen molar-refractivity contribution in [2.75, 3.05) is 0 Å². The van der Waals surface area contributed by atoms with Gasteiger partial charge in [0.2, 0.25) is 11.8 Å². The summed E-state index contributed by atoms with van der Waals surface area (Å²) in [5.41, 5.74) is -2.02. The number of nitrogens with one attached hydrogen (secondary N) is 1. The molecule has 0 aromatic carbocycles. The van der Waals surface area contributed by atoms with E-state index in [-0.39, 0.29) is 11.8 Å². The molecule has 0 radical (unpaired) electrons. The van der Waals surface area contributed by atoms with Gasteiger partial charge in [-0.15, -0.1) is 0 Å². The molecule has 26 heavy (non-hydrogen) atoms. The second kappa shape index (κ2) is 7.48. The van der Waals surface area contributed by atoms with Crippen molar-refractivity contribution in [3.05, 3.63) is 44.9 Å². The van der Waals surface area contributed by atoms with E-state index in [1.165, 1.54) is 0 Å². The molecule has 1 N–H and O–H groups in total. The number of hydrogen-bond donors (Lipinski definition) is 1. The van der Waals surface area contributed by atoms with Crippen LogP contribution in [0, 0.1) is 0 Å². The van der Waals surface area contributed by atoms with Crippen molar-refractivity contribution in [1.82, 2.24) is 20.0 Å². The van der Waals surface area contributed by atoms with Gasteiger partial charge >= 0.3 is 6.18 Å². The first-order valence-corrected chi connectivity index (χ1v) is 7.97. The molecule has 1 atom stereocenters. The molecule has 0 bridgehead atoms. The minimum atomic E-state index is -4.69. The Hall–Kier alpha value is -2.36. The van der Waals surface area contributed by atoms with E-state index in [2.05, 4.69) is 15.5 Å². The van der Waals surface area contributed by atoms with Gasteiger partial charge in [-0.05, 0) is 13.0 Å². The van der Waals surface area contributed by atoms with Gasteiger partial charge < -0.3 is 14.4 Å². The summed E-state index contributed by atoms with van der Waals surface area (Å²) in [6.07, 6.45) is -4.15. The van der Waals surface area contributed by atoms with Crippen LogP contribution in [0.1, 0.15) is 50.0 Å². The van der Waals surface area contributed by atoms with E-state index in [1.54, 1.807) is 6.92 Å². The second-order valence-electron chi connectivity index (χ2n) is 5.94. The molecule has 0 aliphatic heterocycles. The molecule has 2 rings (SSSR count). The lowest BCUT2D eigenvalue weighted by molar-refractivity contribution is -0.138. The zero-order chi connectivity index (χ0) is 19.6. The zero-order valence-electron chi connectivity index (χ0n) is 14.1. The maximum Gasteiger partial charge on any atom is 0.417 e. The predicted octanol–water partition coefficient (Wildman–Crippen LogP) is 2.90. The van der Waals surface area contributed by atoms with Crippen LogP contribution >= 0.6 is 11.6 Å². The lowest BCUT2D eigenvalue weighted by atomic mass is 10.2. The Balaban J connectivity index is 2.14. The molecule has 0 spiro atoms. The predicted molar refractivity (Wildman–Crippen MR) is 85.7 cm³/mol. The Morgan fingerprint density at radius 1 is 1.38 bits per heavy atom. The maximum atomic E-state index is 12.8. The molecular formula is C15H16ClF3N4O3. The lowest BCUT2D eigenvalue weighted by Crippen LogP contribution is -2.34. The molecule has 0 fully saturated rings. The summed E-state index contributed by atoms with van der Waals surface area (Å²) in [6, 6.07) is -0.160. The third kappa shape index (κ3) is 4.63. The summed E-state index contributed by atoms with van der Waals surface area (Å²) in [5, 5.41) is 5.61. The van der Waals surface area contributed by atoms with E-state index >= 15 is 0 Å². The van der Waals surface area contributed by atoms with Gasteiger partial charge in [0.1, 0.15) is 17.6 Å². The summed E-state index contributed by atoms with van der Waals surface area (Å²) < 4.78 is 44.1. The molecule has 2 aromatic rings. The fourth-order valence-corrected chi connectivity index (χ4v) is 2.26. The molecule has 2 heterocycles. The van der Waals surface area contributed by atoms with E-state index in [0.29, 0.717) is 22.7 Å². The number of pyridine rings is 1. The van der Waals surface area contributed by atoms with Crippen molar-refractivity contribution < 1.29 is 22.5 Å². The van der Waals surface area contributed by atoms with Crippen LogP contribution in [0.3, 0.4) is 0 Å². The van der Waals surface area contributed by atoms with Crippen molar-refractivity contribution in [3.8, 4) is 0 Å². The minimum absolute atomic E-state index is 0.0289. The largest absolute Gasteiger partial charge is 0.417 e. The normalized spacial score (nSPS) is 13.1. The van der Waals surface area contributed by atoms with E-state index in [9.17, 15) is 22.8 Å². The van der Waals surface area contributed by atoms with Crippen LogP contribution in [-0.4, -0.2) is 20.6 Å². The zero-order valence-corrected chi connectivity index (χ0v) is 14.9. The molecule has 0 aliphatic carbocycles. The van der Waals surface area contributed by atoms with Crippen molar-refractivity contribution in [1.29, 1.82) is 0 Å². The Morgan fingerprint density at radius 2 is 2.04 bits per heavy atom. The number of aromatic nitrogens is 3. The van der Waals surface area contributed by atoms with Crippen LogP contribution in [0.4, 0.5) is 13.2 Å². The highest BCUT2D eigenvalue weighted by Crippen LogP contribution is 2.29. The molecule has 11 heteroatoms. The van der Waals surface area contributed by atoms with Gasteiger partial charge in [0, 0.05) is 12.1 Å². The molecule has 1 amide bonds. The molecule has 7 nitrogen and oxygen atoms in total. The Labute approximate surface area is 151 Å². The summed E-state index contributed by atoms with van der Waals surface area (Å²) >= 11 is 5.54. The number of hydrogen-bond acceptors (Lipinski definition) is 5. The molecule has 0 unspecified atom stereocenters. The van der Waals surface area contributed by atoms with Crippen molar-refractivity contribution in [3.63, 3.8) is 0 Å². The lowest BCUT2D eigenvalue weighted by Gasteiger charge is -2.13. The fraction of sp³-hybridized carbons (Fsp3) is 0.467. The van der Waals surface area contributed by atoms with Crippen LogP contribution in [0.2, 0.25) is 5.02 Å². The Morgan fingerprint density at radius 3 is 2.58 bits per heavy atom. The number of rotatable bonds is 5. The third-order valence-corrected chi connectivity index (χ3v) is 3.68. The minimum Gasteiger partial charge on any atom is -0.343 e. The standard InChI is InChI=1S/C15H16ClF3N4O3/c1-7(2)12-21-13(26-22-12)8(3)20-11(24)6-23-5-9(15(17,18)19)4-10(16)14(23)25/h4-5,7-8H,6H2,1-3H3,(H,20,24)/t8-/m0/s1.